The molecule has 0 amide bonds. The van der Waals surface area contributed by atoms with Gasteiger partial charge in [0, 0.05) is 11.1 Å². The summed E-state index contributed by atoms with van der Waals surface area (Å²) in [5.41, 5.74) is 23.9. The van der Waals surface area contributed by atoms with Crippen LogP contribution in [0.25, 0.3) is 0 Å². The van der Waals surface area contributed by atoms with E-state index in [4.69, 9.17) is 22.9 Å². The molecule has 6 nitrogen and oxygen atoms in total. The number of ketones is 2. The van der Waals surface area contributed by atoms with Gasteiger partial charge in [-0.3, -0.25) is 9.59 Å². The molecule has 0 saturated heterocycles. The fourth-order valence-corrected chi connectivity index (χ4v) is 2.45. The minimum Gasteiger partial charge on any atom is -0.396 e. The van der Waals surface area contributed by atoms with Gasteiger partial charge in [-0.25, -0.2) is 0 Å². The largest absolute Gasteiger partial charge is 0.396 e. The van der Waals surface area contributed by atoms with Crippen LogP contribution in [0.3, 0.4) is 0 Å². The van der Waals surface area contributed by atoms with Crippen LogP contribution in [0.15, 0.2) is 24.3 Å². The summed E-state index contributed by atoms with van der Waals surface area (Å²) in [6.07, 6.45) is 0. The molecule has 0 radical (unpaired) electrons. The van der Waals surface area contributed by atoms with E-state index in [9.17, 15) is 9.59 Å². The van der Waals surface area contributed by atoms with Crippen molar-refractivity contribution in [1.82, 2.24) is 0 Å². The summed E-state index contributed by atoms with van der Waals surface area (Å²) in [5, 5.41) is 0. The zero-order valence-electron chi connectivity index (χ0n) is 10.4. The molecule has 0 bridgehead atoms. The molecule has 0 unspecified atom stereocenters. The van der Waals surface area contributed by atoms with Crippen LogP contribution in [0.5, 0.6) is 0 Å². The van der Waals surface area contributed by atoms with Gasteiger partial charge in [-0.1, -0.05) is 24.3 Å². The summed E-state index contributed by atoms with van der Waals surface area (Å²) in [5.74, 6) is -0.739. The predicted molar refractivity (Wildman–Crippen MR) is 77.4 cm³/mol. The average Bonchev–Trinajstić information content (AvgIpc) is 2.46. The fourth-order valence-electron chi connectivity index (χ4n) is 2.45. The van der Waals surface area contributed by atoms with Gasteiger partial charge in [0.25, 0.3) is 0 Å². The number of nitrogens with two attached hydrogens (primary N) is 4. The summed E-state index contributed by atoms with van der Waals surface area (Å²) >= 11 is 0. The molecule has 2 aromatic rings. The van der Waals surface area contributed by atoms with Gasteiger partial charge in [0.05, 0.1) is 33.9 Å². The second-order valence-corrected chi connectivity index (χ2v) is 4.61. The highest BCUT2D eigenvalue weighted by Gasteiger charge is 2.34. The molecule has 20 heavy (non-hydrogen) atoms. The Morgan fingerprint density at radius 3 is 1.30 bits per heavy atom. The SMILES string of the molecule is Nc1c(N)c(N)c2c(c1N)C(=O)c1ccccc1C2=O. The Labute approximate surface area is 114 Å². The number of benzene rings is 2. The fraction of sp³-hybridized carbons (Fsp3) is 0. The molecule has 0 atom stereocenters. The van der Waals surface area contributed by atoms with Gasteiger partial charge in [0.1, 0.15) is 0 Å². The number of hydrogen-bond acceptors (Lipinski definition) is 6. The predicted octanol–water partition coefficient (Wildman–Crippen LogP) is 0.791. The van der Waals surface area contributed by atoms with Crippen molar-refractivity contribution in [3.8, 4) is 0 Å². The molecule has 0 heterocycles. The van der Waals surface area contributed by atoms with Crippen molar-refractivity contribution in [3.05, 3.63) is 46.5 Å². The molecule has 1 aliphatic carbocycles. The van der Waals surface area contributed by atoms with E-state index in [0.29, 0.717) is 11.1 Å². The van der Waals surface area contributed by atoms with Crippen LogP contribution in [-0.4, -0.2) is 11.6 Å². The standard InChI is InChI=1S/C14H12N4O2/c15-9-7-8(10(16)12(18)11(9)17)14(20)6-4-2-1-3-5(6)13(7)19/h1-4H,15-18H2. The number of carbonyl (C=O) groups is 2. The van der Waals surface area contributed by atoms with E-state index in [-0.39, 0.29) is 45.4 Å². The third-order valence-electron chi connectivity index (χ3n) is 3.53. The highest BCUT2D eigenvalue weighted by Crippen LogP contribution is 2.41. The quantitative estimate of drug-likeness (QED) is 0.444. The van der Waals surface area contributed by atoms with Gasteiger partial charge in [-0.15, -0.1) is 0 Å². The molecule has 0 aliphatic heterocycles. The maximum absolute atomic E-state index is 12.5. The Morgan fingerprint density at radius 2 is 0.950 bits per heavy atom. The molecule has 1 aliphatic rings. The van der Waals surface area contributed by atoms with E-state index in [1.54, 1.807) is 24.3 Å². The summed E-state index contributed by atoms with van der Waals surface area (Å²) in [6, 6.07) is 6.49. The van der Waals surface area contributed by atoms with Gasteiger partial charge in [0.2, 0.25) is 0 Å². The lowest BCUT2D eigenvalue weighted by atomic mass is 9.81. The average molecular weight is 268 g/mol. The maximum Gasteiger partial charge on any atom is 0.196 e. The molecular weight excluding hydrogens is 256 g/mol. The molecular formula is C14H12N4O2. The molecule has 8 N–H and O–H groups in total. The van der Waals surface area contributed by atoms with E-state index >= 15 is 0 Å². The summed E-state index contributed by atoms with van der Waals surface area (Å²) in [4.78, 5) is 25.0. The first kappa shape index (κ1) is 12.0. The Balaban J connectivity index is 2.46. The first-order chi connectivity index (χ1) is 9.45. The zero-order valence-corrected chi connectivity index (χ0v) is 10.4. The molecule has 3 rings (SSSR count). The van der Waals surface area contributed by atoms with Crippen LogP contribution in [0, 0.1) is 0 Å². The highest BCUT2D eigenvalue weighted by atomic mass is 16.1. The van der Waals surface area contributed by atoms with Crippen LogP contribution in [-0.2, 0) is 0 Å². The Kier molecular flexibility index (Phi) is 2.25. The molecule has 0 aromatic heterocycles. The maximum atomic E-state index is 12.5. The lowest BCUT2D eigenvalue weighted by Gasteiger charge is -2.22. The molecule has 100 valence electrons. The zero-order chi connectivity index (χ0) is 14.6. The topological polar surface area (TPSA) is 138 Å². The van der Waals surface area contributed by atoms with E-state index in [1.807, 2.05) is 0 Å². The van der Waals surface area contributed by atoms with Crippen molar-refractivity contribution in [3.63, 3.8) is 0 Å². The first-order valence-corrected chi connectivity index (χ1v) is 5.89. The summed E-state index contributed by atoms with van der Waals surface area (Å²) in [7, 11) is 0. The summed E-state index contributed by atoms with van der Waals surface area (Å²) in [6.45, 7) is 0. The minimum absolute atomic E-state index is 0.000414. The number of hydrogen-bond donors (Lipinski definition) is 4. The Hall–Kier alpha value is -3.02. The lowest BCUT2D eigenvalue weighted by Crippen LogP contribution is -2.25. The first-order valence-electron chi connectivity index (χ1n) is 5.89. The molecule has 0 spiro atoms. The van der Waals surface area contributed by atoms with E-state index in [1.165, 1.54) is 0 Å². The van der Waals surface area contributed by atoms with Crippen molar-refractivity contribution in [2.24, 2.45) is 0 Å². The number of anilines is 4. The smallest absolute Gasteiger partial charge is 0.196 e. The third-order valence-corrected chi connectivity index (χ3v) is 3.53. The Morgan fingerprint density at radius 1 is 0.600 bits per heavy atom. The number of nitrogen functional groups attached to an aromatic ring is 4. The van der Waals surface area contributed by atoms with E-state index in [0.717, 1.165) is 0 Å². The van der Waals surface area contributed by atoms with Crippen molar-refractivity contribution < 1.29 is 9.59 Å². The van der Waals surface area contributed by atoms with Crippen LogP contribution < -0.4 is 22.9 Å². The van der Waals surface area contributed by atoms with E-state index in [2.05, 4.69) is 0 Å². The van der Waals surface area contributed by atoms with Crippen LogP contribution in [0.2, 0.25) is 0 Å². The van der Waals surface area contributed by atoms with Gasteiger partial charge in [-0.05, 0) is 0 Å². The number of rotatable bonds is 0. The summed E-state index contributed by atoms with van der Waals surface area (Å²) < 4.78 is 0. The van der Waals surface area contributed by atoms with Crippen molar-refractivity contribution in [1.29, 1.82) is 0 Å². The lowest BCUT2D eigenvalue weighted by molar-refractivity contribution is 0.0980. The van der Waals surface area contributed by atoms with Crippen LogP contribution in [0.1, 0.15) is 31.8 Å². The van der Waals surface area contributed by atoms with Crippen LogP contribution >= 0.6 is 0 Å². The van der Waals surface area contributed by atoms with Gasteiger partial charge in [-0.2, -0.15) is 0 Å². The van der Waals surface area contributed by atoms with E-state index < -0.39 is 0 Å². The molecule has 6 heteroatoms. The van der Waals surface area contributed by atoms with Gasteiger partial charge >= 0.3 is 0 Å². The van der Waals surface area contributed by atoms with Crippen molar-refractivity contribution >= 4 is 34.3 Å². The monoisotopic (exact) mass is 268 g/mol. The third kappa shape index (κ3) is 1.27. The highest BCUT2D eigenvalue weighted by molar-refractivity contribution is 6.33. The molecule has 0 fully saturated rings. The second kappa shape index (κ2) is 3.74. The van der Waals surface area contributed by atoms with Gasteiger partial charge in [0.15, 0.2) is 11.6 Å². The second-order valence-electron chi connectivity index (χ2n) is 4.61. The van der Waals surface area contributed by atoms with Crippen molar-refractivity contribution in [2.45, 2.75) is 0 Å². The van der Waals surface area contributed by atoms with Gasteiger partial charge < -0.3 is 22.9 Å². The molecule has 0 saturated carbocycles. The minimum atomic E-state index is -0.369. The van der Waals surface area contributed by atoms with Crippen LogP contribution in [0.4, 0.5) is 22.7 Å². The Bertz CT molecular complexity index is 730. The normalized spacial score (nSPS) is 13.0. The number of fused-ring (bicyclic) bond motifs is 2. The number of carbonyl (C=O) groups excluding carboxylic acids is 2. The van der Waals surface area contributed by atoms with Crippen molar-refractivity contribution in [2.75, 3.05) is 22.9 Å². The molecule has 2 aromatic carbocycles.